The zero-order chi connectivity index (χ0) is 23.2. The van der Waals surface area contributed by atoms with E-state index in [0.29, 0.717) is 5.02 Å². The van der Waals surface area contributed by atoms with Crippen molar-refractivity contribution in [2.75, 3.05) is 0 Å². The van der Waals surface area contributed by atoms with E-state index in [1.54, 1.807) is 24.3 Å². The lowest BCUT2D eigenvalue weighted by Gasteiger charge is -2.13. The molecule has 2 aromatic heterocycles. The number of ether oxygens (including phenoxy) is 1. The molecule has 0 saturated heterocycles. The Kier molecular flexibility index (Phi) is 5.37. The number of hydrogen-bond acceptors (Lipinski definition) is 4. The van der Waals surface area contributed by atoms with Crippen LogP contribution < -0.4 is 16.0 Å². The lowest BCUT2D eigenvalue weighted by atomic mass is 10.1. The summed E-state index contributed by atoms with van der Waals surface area (Å²) in [5.74, 6) is -2.93. The number of imidazole rings is 1. The van der Waals surface area contributed by atoms with E-state index in [4.69, 9.17) is 16.3 Å². The summed E-state index contributed by atoms with van der Waals surface area (Å²) in [6, 6.07) is 12.4. The molecule has 32 heavy (non-hydrogen) atoms. The molecule has 10 heteroatoms. The summed E-state index contributed by atoms with van der Waals surface area (Å²) in [5.41, 5.74) is -0.247. The van der Waals surface area contributed by atoms with Gasteiger partial charge < -0.3 is 4.74 Å². The fourth-order valence-electron chi connectivity index (χ4n) is 3.36. The highest BCUT2D eigenvalue weighted by molar-refractivity contribution is 6.30. The number of fused-ring (bicyclic) bond motifs is 1. The Hall–Kier alpha value is -3.46. The van der Waals surface area contributed by atoms with E-state index < -0.39 is 17.2 Å². The molecule has 0 spiro atoms. The molecule has 0 N–H and O–H groups in total. The number of halogens is 3. The summed E-state index contributed by atoms with van der Waals surface area (Å²) >= 11 is 5.97. The second-order valence-electron chi connectivity index (χ2n) is 7.50. The van der Waals surface area contributed by atoms with Crippen molar-refractivity contribution in [3.63, 3.8) is 0 Å². The number of nitrogens with zero attached hydrogens (tertiary/aromatic N) is 4. The van der Waals surface area contributed by atoms with Crippen molar-refractivity contribution in [3.05, 3.63) is 85.5 Å². The first-order valence-corrected chi connectivity index (χ1v) is 10.0. The highest BCUT2D eigenvalue weighted by Gasteiger charge is 2.25. The molecule has 0 fully saturated rings. The molecule has 4 rings (SSSR count). The molecule has 0 saturated carbocycles. The lowest BCUT2D eigenvalue weighted by Crippen LogP contribution is -2.37. The predicted octanol–water partition coefficient (Wildman–Crippen LogP) is 4.04. The maximum absolute atomic E-state index is 13.8. The summed E-state index contributed by atoms with van der Waals surface area (Å²) in [6.07, 6.45) is 0. The van der Waals surface area contributed by atoms with Gasteiger partial charge in [-0.2, -0.15) is 4.98 Å². The minimum absolute atomic E-state index is 0.00943. The number of aromatic nitrogens is 4. The van der Waals surface area contributed by atoms with E-state index in [0.717, 1.165) is 17.1 Å². The van der Waals surface area contributed by atoms with E-state index in [-0.39, 0.29) is 35.0 Å². The highest BCUT2D eigenvalue weighted by Crippen LogP contribution is 2.31. The summed E-state index contributed by atoms with van der Waals surface area (Å²) < 4.78 is 37.1. The monoisotopic (exact) mass is 460 g/mol. The van der Waals surface area contributed by atoms with E-state index >= 15 is 0 Å². The zero-order valence-corrected chi connectivity index (χ0v) is 18.2. The Morgan fingerprint density at radius 3 is 2.41 bits per heavy atom. The van der Waals surface area contributed by atoms with E-state index in [1.165, 1.54) is 47.5 Å². The van der Waals surface area contributed by atoms with Crippen molar-refractivity contribution in [1.82, 2.24) is 18.7 Å². The van der Waals surface area contributed by atoms with Gasteiger partial charge in [0.15, 0.2) is 11.2 Å². The molecule has 2 heterocycles. The number of hydrogen-bond donors (Lipinski definition) is 0. The first-order valence-electron chi connectivity index (χ1n) is 9.63. The third kappa shape index (κ3) is 3.91. The molecule has 0 amide bonds. The molecule has 166 valence electrons. The molecular weight excluding hydrogens is 442 g/mol. The van der Waals surface area contributed by atoms with Crippen LogP contribution in [0.1, 0.15) is 18.1 Å². The average Bonchev–Trinajstić information content (AvgIpc) is 3.10. The SMILES string of the molecule is Cn1c(=O)c2c(nc(Oc3cccc(C(C)(F)F)c3)n2Cc2ccc(Cl)cc2)n(C)c1=O. The number of alkyl halides is 2. The summed E-state index contributed by atoms with van der Waals surface area (Å²) in [6.45, 7) is 0.974. The van der Waals surface area contributed by atoms with Crippen molar-refractivity contribution < 1.29 is 13.5 Å². The molecule has 0 unspecified atom stereocenters. The van der Waals surface area contributed by atoms with Gasteiger partial charge in [0.05, 0.1) is 6.54 Å². The smallest absolute Gasteiger partial charge is 0.332 e. The van der Waals surface area contributed by atoms with Gasteiger partial charge in [0.25, 0.3) is 11.5 Å². The molecular formula is C22H19ClF2N4O3. The second-order valence-corrected chi connectivity index (χ2v) is 7.94. The van der Waals surface area contributed by atoms with Gasteiger partial charge in [-0.3, -0.25) is 18.5 Å². The zero-order valence-electron chi connectivity index (χ0n) is 17.5. The topological polar surface area (TPSA) is 71.1 Å². The summed E-state index contributed by atoms with van der Waals surface area (Å²) in [5, 5.41) is 0.552. The largest absolute Gasteiger partial charge is 0.425 e. The molecule has 0 bridgehead atoms. The van der Waals surface area contributed by atoms with Crippen LogP contribution in [0, 0.1) is 0 Å². The van der Waals surface area contributed by atoms with Crippen molar-refractivity contribution in [1.29, 1.82) is 0 Å². The molecule has 0 atom stereocenters. The predicted molar refractivity (Wildman–Crippen MR) is 117 cm³/mol. The third-order valence-corrected chi connectivity index (χ3v) is 5.37. The Morgan fingerprint density at radius 1 is 1.06 bits per heavy atom. The second kappa shape index (κ2) is 7.90. The number of benzene rings is 2. The Morgan fingerprint density at radius 2 is 1.75 bits per heavy atom. The number of aryl methyl sites for hydroxylation is 1. The van der Waals surface area contributed by atoms with Crippen LogP contribution in [0.25, 0.3) is 11.2 Å². The molecule has 4 aromatic rings. The van der Waals surface area contributed by atoms with Crippen LogP contribution >= 0.6 is 11.6 Å². The fourth-order valence-corrected chi connectivity index (χ4v) is 3.49. The standard InChI is InChI=1S/C22H19ClF2N4O3/c1-22(24,25)14-5-4-6-16(11-14)32-20-26-18-17(19(30)28(3)21(31)27(18)2)29(20)12-13-7-9-15(23)10-8-13/h4-11H,12H2,1-3H3. The Labute approximate surface area is 186 Å². The van der Waals surface area contributed by atoms with Crippen molar-refractivity contribution in [2.45, 2.75) is 19.4 Å². The molecule has 0 aliphatic rings. The highest BCUT2D eigenvalue weighted by atomic mass is 35.5. The van der Waals surface area contributed by atoms with Crippen LogP contribution in [-0.4, -0.2) is 18.7 Å². The van der Waals surface area contributed by atoms with Gasteiger partial charge in [0, 0.05) is 31.6 Å². The normalized spacial score (nSPS) is 11.8. The van der Waals surface area contributed by atoms with E-state index in [2.05, 4.69) is 4.98 Å². The first kappa shape index (κ1) is 21.8. The molecule has 0 aliphatic heterocycles. The third-order valence-electron chi connectivity index (χ3n) is 5.12. The molecule has 0 aliphatic carbocycles. The van der Waals surface area contributed by atoms with Crippen molar-refractivity contribution in [3.8, 4) is 11.8 Å². The maximum atomic E-state index is 13.8. The van der Waals surface area contributed by atoms with Gasteiger partial charge in [0.2, 0.25) is 0 Å². The average molecular weight is 461 g/mol. The van der Waals surface area contributed by atoms with Crippen LogP contribution in [0.5, 0.6) is 11.8 Å². The fraction of sp³-hybridized carbons (Fsp3) is 0.227. The number of rotatable bonds is 5. The van der Waals surface area contributed by atoms with Gasteiger partial charge in [-0.25, -0.2) is 13.6 Å². The van der Waals surface area contributed by atoms with Crippen molar-refractivity contribution >= 4 is 22.8 Å². The van der Waals surface area contributed by atoms with E-state index in [9.17, 15) is 18.4 Å². The van der Waals surface area contributed by atoms with Crippen LogP contribution in [0.15, 0.2) is 58.1 Å². The Balaban J connectivity index is 1.91. The summed E-state index contributed by atoms with van der Waals surface area (Å²) in [7, 11) is 2.86. The maximum Gasteiger partial charge on any atom is 0.332 e. The van der Waals surface area contributed by atoms with Gasteiger partial charge in [-0.05, 0) is 29.8 Å². The summed E-state index contributed by atoms with van der Waals surface area (Å²) in [4.78, 5) is 29.7. The molecule has 0 radical (unpaired) electrons. The van der Waals surface area contributed by atoms with Crippen LogP contribution in [-0.2, 0) is 26.6 Å². The van der Waals surface area contributed by atoms with Crippen molar-refractivity contribution in [2.24, 2.45) is 14.1 Å². The molecule has 7 nitrogen and oxygen atoms in total. The van der Waals surface area contributed by atoms with Crippen LogP contribution in [0.3, 0.4) is 0 Å². The molecule has 2 aromatic carbocycles. The Bertz CT molecular complexity index is 1430. The van der Waals surface area contributed by atoms with Gasteiger partial charge in [0.1, 0.15) is 5.75 Å². The lowest BCUT2D eigenvalue weighted by molar-refractivity contribution is 0.0173. The van der Waals surface area contributed by atoms with Gasteiger partial charge in [-0.15, -0.1) is 0 Å². The van der Waals surface area contributed by atoms with Crippen LogP contribution in [0.2, 0.25) is 5.02 Å². The minimum atomic E-state index is -3.05. The quantitative estimate of drug-likeness (QED) is 0.450. The first-order chi connectivity index (χ1) is 15.1. The van der Waals surface area contributed by atoms with E-state index in [1.807, 2.05) is 0 Å². The minimum Gasteiger partial charge on any atom is -0.425 e. The van der Waals surface area contributed by atoms with Crippen LogP contribution in [0.4, 0.5) is 8.78 Å². The van der Waals surface area contributed by atoms with Gasteiger partial charge in [-0.1, -0.05) is 35.9 Å². The van der Waals surface area contributed by atoms with Gasteiger partial charge >= 0.3 is 11.7 Å².